The average molecular weight is 1280 g/mol. The van der Waals surface area contributed by atoms with Gasteiger partial charge in [-0.15, -0.1) is 0 Å². The molecule has 0 aliphatic heterocycles. The number of ether oxygens (including phenoxy) is 4. The van der Waals surface area contributed by atoms with Crippen molar-refractivity contribution in [2.75, 3.05) is 39.6 Å². The van der Waals surface area contributed by atoms with E-state index in [9.17, 15) is 43.2 Å². The van der Waals surface area contributed by atoms with Crippen molar-refractivity contribution in [1.29, 1.82) is 0 Å². The molecule has 0 heterocycles. The monoisotopic (exact) mass is 1280 g/mol. The van der Waals surface area contributed by atoms with E-state index in [-0.39, 0.29) is 25.7 Å². The molecule has 3 N–H and O–H groups in total. The standard InChI is InChI=1S/C68H132O17P2/c1-9-61(8)47-39-31-25-27-33-41-49-66(71)79-55-63(84-67(72)50-42-34-22-18-16-14-12-10-11-13-15-17-20-28-36-44-58(2)3)56-82-86(74,75)80-52-62(69)53-81-87(76,77)83-57-64(54-78-65(70)48-40-32-26-24-30-38-46-60(6)7)85-68(73)51-43-35-23-19-21-29-37-45-59(4)5/h58-64,69H,9-57H2,1-8H3,(H,74,75)(H,76,77)/t61?,62-,63+,64+/m0/s1. The zero-order valence-electron chi connectivity index (χ0n) is 56.6. The van der Waals surface area contributed by atoms with Crippen LogP contribution in [0.3, 0.4) is 0 Å². The topological polar surface area (TPSA) is 237 Å². The number of unbranched alkanes of at least 4 members (excludes halogenated alkanes) is 30. The van der Waals surface area contributed by atoms with Crippen molar-refractivity contribution in [1.82, 2.24) is 0 Å². The number of carbonyl (C=O) groups excluding carboxylic acids is 4. The molecule has 0 aromatic rings. The summed E-state index contributed by atoms with van der Waals surface area (Å²) in [5.74, 6) is 0.771. The number of aliphatic hydroxyl groups is 1. The van der Waals surface area contributed by atoms with Gasteiger partial charge < -0.3 is 33.8 Å². The van der Waals surface area contributed by atoms with Gasteiger partial charge in [0, 0.05) is 25.7 Å². The van der Waals surface area contributed by atoms with E-state index in [0.717, 1.165) is 115 Å². The lowest BCUT2D eigenvalue weighted by Gasteiger charge is -2.21. The van der Waals surface area contributed by atoms with Gasteiger partial charge in [0.2, 0.25) is 0 Å². The van der Waals surface area contributed by atoms with E-state index in [4.69, 9.17) is 37.0 Å². The first-order valence-corrected chi connectivity index (χ1v) is 38.2. The normalized spacial score (nSPS) is 14.6. The van der Waals surface area contributed by atoms with Crippen LogP contribution in [-0.2, 0) is 65.4 Å². The van der Waals surface area contributed by atoms with Crippen molar-refractivity contribution in [2.24, 2.45) is 23.7 Å². The SMILES string of the molecule is CCC(C)CCCCCCCCC(=O)OC[C@H](COP(=O)(O)OC[C@H](O)COP(=O)(O)OC[C@@H](COC(=O)CCCCCCCCC(C)C)OC(=O)CCCCCCCCCC(C)C)OC(=O)CCCCCCCCCCCCCCCCCC(C)C. The van der Waals surface area contributed by atoms with Crippen molar-refractivity contribution in [3.8, 4) is 0 Å². The van der Waals surface area contributed by atoms with Crippen LogP contribution in [0.25, 0.3) is 0 Å². The zero-order chi connectivity index (χ0) is 64.7. The fraction of sp³-hybridized carbons (Fsp3) is 0.941. The molecule has 0 aromatic carbocycles. The number of rotatable bonds is 65. The maximum atomic E-state index is 13.0. The molecule has 0 aliphatic rings. The van der Waals surface area contributed by atoms with Crippen molar-refractivity contribution in [2.45, 2.75) is 350 Å². The Morgan fingerprint density at radius 1 is 0.322 bits per heavy atom. The Morgan fingerprint density at radius 2 is 0.552 bits per heavy atom. The Bertz CT molecular complexity index is 1730. The first-order valence-electron chi connectivity index (χ1n) is 35.2. The Hall–Kier alpha value is -1.94. The molecule has 0 radical (unpaired) electrons. The molecule has 0 spiro atoms. The fourth-order valence-electron chi connectivity index (χ4n) is 10.1. The molecule has 516 valence electrons. The van der Waals surface area contributed by atoms with E-state index in [1.165, 1.54) is 122 Å². The first kappa shape index (κ1) is 85.1. The van der Waals surface area contributed by atoms with E-state index in [2.05, 4.69) is 55.4 Å². The van der Waals surface area contributed by atoms with Crippen LogP contribution in [0.5, 0.6) is 0 Å². The summed E-state index contributed by atoms with van der Waals surface area (Å²) in [5.41, 5.74) is 0. The number of phosphoric acid groups is 2. The van der Waals surface area contributed by atoms with Crippen LogP contribution in [0.1, 0.15) is 331 Å². The van der Waals surface area contributed by atoms with Crippen LogP contribution in [0.2, 0.25) is 0 Å². The van der Waals surface area contributed by atoms with Gasteiger partial charge in [-0.1, -0.05) is 280 Å². The lowest BCUT2D eigenvalue weighted by Crippen LogP contribution is -2.30. The number of aliphatic hydroxyl groups excluding tert-OH is 1. The molecule has 0 saturated carbocycles. The van der Waals surface area contributed by atoms with Gasteiger partial charge in [0.25, 0.3) is 0 Å². The summed E-state index contributed by atoms with van der Waals surface area (Å²) in [5, 5.41) is 10.6. The molecule has 0 rings (SSSR count). The highest BCUT2D eigenvalue weighted by molar-refractivity contribution is 7.47. The lowest BCUT2D eigenvalue weighted by atomic mass is 10.00. The van der Waals surface area contributed by atoms with Crippen molar-refractivity contribution < 1.29 is 80.2 Å². The number of carbonyl (C=O) groups is 4. The van der Waals surface area contributed by atoms with E-state index >= 15 is 0 Å². The van der Waals surface area contributed by atoms with Crippen LogP contribution >= 0.6 is 15.6 Å². The summed E-state index contributed by atoms with van der Waals surface area (Å²) in [7, 11) is -9.90. The Morgan fingerprint density at radius 3 is 0.816 bits per heavy atom. The third-order valence-corrected chi connectivity index (χ3v) is 17.8. The van der Waals surface area contributed by atoms with Gasteiger partial charge in [-0.2, -0.15) is 0 Å². The highest BCUT2D eigenvalue weighted by Gasteiger charge is 2.30. The number of esters is 4. The average Bonchev–Trinajstić information content (AvgIpc) is 3.69. The molecular formula is C68H132O17P2. The van der Waals surface area contributed by atoms with Gasteiger partial charge >= 0.3 is 39.5 Å². The molecule has 0 bridgehead atoms. The van der Waals surface area contributed by atoms with Crippen LogP contribution in [0.15, 0.2) is 0 Å². The van der Waals surface area contributed by atoms with Crippen LogP contribution < -0.4 is 0 Å². The fourth-order valence-corrected chi connectivity index (χ4v) is 11.7. The highest BCUT2D eigenvalue weighted by Crippen LogP contribution is 2.45. The van der Waals surface area contributed by atoms with Crippen molar-refractivity contribution in [3.05, 3.63) is 0 Å². The zero-order valence-corrected chi connectivity index (χ0v) is 58.4. The number of hydrogen-bond donors (Lipinski definition) is 3. The summed E-state index contributed by atoms with van der Waals surface area (Å²) in [6.45, 7) is 14.0. The maximum absolute atomic E-state index is 13.0. The molecular weight excluding hydrogens is 1150 g/mol. The Kier molecular flexibility index (Phi) is 56.6. The predicted molar refractivity (Wildman–Crippen MR) is 349 cm³/mol. The second-order valence-corrected chi connectivity index (χ2v) is 29.1. The smallest absolute Gasteiger partial charge is 0.462 e. The van der Waals surface area contributed by atoms with Crippen LogP contribution in [0.4, 0.5) is 0 Å². The van der Waals surface area contributed by atoms with Gasteiger partial charge in [0.05, 0.1) is 26.4 Å². The molecule has 0 aromatic heterocycles. The molecule has 17 nitrogen and oxygen atoms in total. The lowest BCUT2D eigenvalue weighted by molar-refractivity contribution is -0.161. The van der Waals surface area contributed by atoms with E-state index < -0.39 is 97.5 Å². The summed E-state index contributed by atoms with van der Waals surface area (Å²) >= 11 is 0. The Labute approximate surface area is 530 Å². The van der Waals surface area contributed by atoms with Crippen LogP contribution in [0, 0.1) is 23.7 Å². The third kappa shape index (κ3) is 61.3. The van der Waals surface area contributed by atoms with E-state index in [0.29, 0.717) is 37.5 Å². The summed E-state index contributed by atoms with van der Waals surface area (Å²) < 4.78 is 68.1. The minimum atomic E-state index is -4.95. The molecule has 6 atom stereocenters. The van der Waals surface area contributed by atoms with Crippen molar-refractivity contribution in [3.63, 3.8) is 0 Å². The first-order chi connectivity index (χ1) is 41.6. The molecule has 19 heteroatoms. The van der Waals surface area contributed by atoms with Gasteiger partial charge in [0.15, 0.2) is 12.2 Å². The number of hydrogen-bond acceptors (Lipinski definition) is 15. The maximum Gasteiger partial charge on any atom is 0.472 e. The van der Waals surface area contributed by atoms with Gasteiger partial charge in [-0.3, -0.25) is 37.3 Å². The van der Waals surface area contributed by atoms with E-state index in [1.807, 2.05) is 0 Å². The second-order valence-electron chi connectivity index (χ2n) is 26.2. The summed E-state index contributed by atoms with van der Waals surface area (Å²) in [4.78, 5) is 72.3. The van der Waals surface area contributed by atoms with Gasteiger partial charge in [-0.05, 0) is 49.4 Å². The molecule has 87 heavy (non-hydrogen) atoms. The van der Waals surface area contributed by atoms with Gasteiger partial charge in [0.1, 0.15) is 19.3 Å². The van der Waals surface area contributed by atoms with Crippen molar-refractivity contribution >= 4 is 39.5 Å². The third-order valence-electron chi connectivity index (χ3n) is 15.9. The summed E-state index contributed by atoms with van der Waals surface area (Å²) in [6.07, 6.45) is 39.3. The molecule has 0 fully saturated rings. The molecule has 0 amide bonds. The van der Waals surface area contributed by atoms with Gasteiger partial charge in [-0.25, -0.2) is 9.13 Å². The largest absolute Gasteiger partial charge is 0.472 e. The van der Waals surface area contributed by atoms with Crippen LogP contribution in [-0.4, -0.2) is 96.7 Å². The van der Waals surface area contributed by atoms with E-state index in [1.54, 1.807) is 0 Å². The molecule has 0 aliphatic carbocycles. The molecule has 3 unspecified atom stereocenters. The predicted octanol–water partition coefficient (Wildman–Crippen LogP) is 18.9. The summed E-state index contributed by atoms with van der Waals surface area (Å²) in [6, 6.07) is 0. The second kappa shape index (κ2) is 57.9. The number of phosphoric ester groups is 2. The molecule has 0 saturated heterocycles. The minimum Gasteiger partial charge on any atom is -0.462 e. The Balaban J connectivity index is 5.20. The highest BCUT2D eigenvalue weighted by atomic mass is 31.2. The quantitative estimate of drug-likeness (QED) is 0.0222. The minimum absolute atomic E-state index is 0.102.